The number of halogens is 1. The number of thioether (sulfide) groups is 1. The smallest absolute Gasteiger partial charge is 0.277 e. The molecule has 1 atom stereocenters. The number of rotatable bonds is 8. The van der Waals surface area contributed by atoms with E-state index in [1.807, 2.05) is 30.3 Å². The summed E-state index contributed by atoms with van der Waals surface area (Å²) in [5.74, 6) is -0.132. The van der Waals surface area contributed by atoms with E-state index in [4.69, 9.17) is 9.15 Å². The minimum Gasteiger partial charge on any atom is -0.478 e. The molecule has 1 N–H and O–H groups in total. The van der Waals surface area contributed by atoms with E-state index >= 15 is 0 Å². The van der Waals surface area contributed by atoms with Crippen LogP contribution in [0.5, 0.6) is 5.75 Å². The van der Waals surface area contributed by atoms with Crippen molar-refractivity contribution in [1.29, 1.82) is 0 Å². The molecular weight excluding hydrogens is 369 g/mol. The van der Waals surface area contributed by atoms with Crippen LogP contribution in [0.25, 0.3) is 0 Å². The Bertz CT molecular complexity index is 889. The van der Waals surface area contributed by atoms with Crippen LogP contribution in [0, 0.1) is 5.82 Å². The highest BCUT2D eigenvalue weighted by Crippen LogP contribution is 2.25. The third-order valence-corrected chi connectivity index (χ3v) is 4.39. The summed E-state index contributed by atoms with van der Waals surface area (Å²) in [5.41, 5.74) is 1.02. The summed E-state index contributed by atoms with van der Waals surface area (Å²) in [6.07, 6.45) is -0.615. The van der Waals surface area contributed by atoms with Crippen LogP contribution in [0.15, 0.2) is 64.2 Å². The lowest BCUT2D eigenvalue weighted by atomic mass is 10.2. The molecule has 0 saturated carbocycles. The highest BCUT2D eigenvalue weighted by atomic mass is 32.2. The number of nitrogens with one attached hydrogen (secondary N) is 1. The lowest BCUT2D eigenvalue weighted by Crippen LogP contribution is -2.24. The lowest BCUT2D eigenvalue weighted by molar-refractivity contribution is -0.118. The molecule has 1 aromatic heterocycles. The first-order valence-electron chi connectivity index (χ1n) is 8.30. The molecule has 0 aliphatic carbocycles. The fourth-order valence-electron chi connectivity index (χ4n) is 2.20. The molecule has 0 bridgehead atoms. The van der Waals surface area contributed by atoms with Gasteiger partial charge in [-0.1, -0.05) is 54.2 Å². The predicted molar refractivity (Wildman–Crippen MR) is 98.8 cm³/mol. The Morgan fingerprint density at radius 2 is 1.93 bits per heavy atom. The van der Waals surface area contributed by atoms with Crippen molar-refractivity contribution in [3.05, 3.63) is 71.9 Å². The van der Waals surface area contributed by atoms with Gasteiger partial charge in [-0.2, -0.15) is 0 Å². The maximum Gasteiger partial charge on any atom is 0.277 e. The summed E-state index contributed by atoms with van der Waals surface area (Å²) in [6.45, 7) is 2.14. The summed E-state index contributed by atoms with van der Waals surface area (Å²) in [4.78, 5) is 11.9. The van der Waals surface area contributed by atoms with Gasteiger partial charge in [-0.3, -0.25) is 4.79 Å². The number of ether oxygens (including phenoxy) is 1. The van der Waals surface area contributed by atoms with Gasteiger partial charge in [-0.05, 0) is 24.6 Å². The Balaban J connectivity index is 1.47. The second kappa shape index (κ2) is 9.18. The lowest BCUT2D eigenvalue weighted by Gasteiger charge is -2.11. The molecule has 3 aromatic rings. The van der Waals surface area contributed by atoms with Crippen LogP contribution in [-0.2, 0) is 11.3 Å². The summed E-state index contributed by atoms with van der Waals surface area (Å²) in [7, 11) is 0. The molecule has 0 spiro atoms. The first kappa shape index (κ1) is 18.9. The third kappa shape index (κ3) is 5.55. The van der Waals surface area contributed by atoms with Crippen molar-refractivity contribution in [2.24, 2.45) is 0 Å². The number of carbonyl (C=O) groups excluding carboxylic acids is 1. The fourth-order valence-corrected chi connectivity index (χ4v) is 2.80. The number of benzene rings is 2. The van der Waals surface area contributed by atoms with Crippen molar-refractivity contribution in [2.75, 3.05) is 5.75 Å². The number of hydrogen-bond acceptors (Lipinski definition) is 6. The standard InChI is InChI=1S/C19H18FN3O3S/c1-13(25-16-10-6-5-9-15(16)20)18-22-23-19(26-18)27-12-17(24)21-11-14-7-3-2-4-8-14/h2-10,13H,11-12H2,1H3,(H,21,24)/t13-/m1/s1. The summed E-state index contributed by atoms with van der Waals surface area (Å²) >= 11 is 1.13. The van der Waals surface area contributed by atoms with Crippen LogP contribution >= 0.6 is 11.8 Å². The highest BCUT2D eigenvalue weighted by Gasteiger charge is 2.18. The van der Waals surface area contributed by atoms with Crippen molar-refractivity contribution < 1.29 is 18.3 Å². The molecule has 2 aromatic carbocycles. The van der Waals surface area contributed by atoms with Gasteiger partial charge < -0.3 is 14.5 Å². The van der Waals surface area contributed by atoms with Gasteiger partial charge in [-0.15, -0.1) is 10.2 Å². The van der Waals surface area contributed by atoms with E-state index in [-0.39, 0.29) is 28.5 Å². The van der Waals surface area contributed by atoms with E-state index in [0.717, 1.165) is 17.3 Å². The first-order chi connectivity index (χ1) is 13.1. The number of para-hydroxylation sites is 1. The molecule has 0 unspecified atom stereocenters. The van der Waals surface area contributed by atoms with E-state index in [1.54, 1.807) is 19.1 Å². The minimum absolute atomic E-state index is 0.109. The number of nitrogens with zero attached hydrogens (tertiary/aromatic N) is 2. The first-order valence-corrected chi connectivity index (χ1v) is 9.28. The monoisotopic (exact) mass is 387 g/mol. The number of carbonyl (C=O) groups is 1. The summed E-state index contributed by atoms with van der Waals surface area (Å²) in [5, 5.41) is 10.9. The topological polar surface area (TPSA) is 77.2 Å². The SMILES string of the molecule is C[C@@H](Oc1ccccc1F)c1nnc(SCC(=O)NCc2ccccc2)o1. The van der Waals surface area contributed by atoms with Crippen LogP contribution in [-0.4, -0.2) is 21.9 Å². The van der Waals surface area contributed by atoms with E-state index in [0.29, 0.717) is 6.54 Å². The van der Waals surface area contributed by atoms with Crippen molar-refractivity contribution in [1.82, 2.24) is 15.5 Å². The van der Waals surface area contributed by atoms with Gasteiger partial charge in [0.25, 0.3) is 11.1 Å². The van der Waals surface area contributed by atoms with Gasteiger partial charge in [-0.25, -0.2) is 4.39 Å². The van der Waals surface area contributed by atoms with Crippen LogP contribution in [0.2, 0.25) is 0 Å². The molecule has 0 aliphatic rings. The van der Waals surface area contributed by atoms with Gasteiger partial charge in [0.05, 0.1) is 5.75 Å². The molecule has 0 saturated heterocycles. The zero-order valence-electron chi connectivity index (χ0n) is 14.6. The van der Waals surface area contributed by atoms with Crippen molar-refractivity contribution in [2.45, 2.75) is 24.8 Å². The van der Waals surface area contributed by atoms with E-state index in [1.165, 1.54) is 12.1 Å². The molecular formula is C19H18FN3O3S. The molecule has 0 fully saturated rings. The number of amides is 1. The Morgan fingerprint density at radius 3 is 2.70 bits per heavy atom. The van der Waals surface area contributed by atoms with E-state index in [2.05, 4.69) is 15.5 Å². The second-order valence-electron chi connectivity index (χ2n) is 5.65. The zero-order chi connectivity index (χ0) is 19.1. The molecule has 140 valence electrons. The van der Waals surface area contributed by atoms with Gasteiger partial charge >= 0.3 is 0 Å². The predicted octanol–water partition coefficient (Wildman–Crippen LogP) is 3.76. The van der Waals surface area contributed by atoms with Gasteiger partial charge in [0.2, 0.25) is 5.91 Å². The summed E-state index contributed by atoms with van der Waals surface area (Å²) in [6, 6.07) is 15.7. The Hall–Kier alpha value is -2.87. The third-order valence-electron chi connectivity index (χ3n) is 3.57. The molecule has 0 aliphatic heterocycles. The summed E-state index contributed by atoms with van der Waals surface area (Å²) < 4.78 is 24.6. The van der Waals surface area contributed by atoms with Crippen LogP contribution in [0.3, 0.4) is 0 Å². The number of aromatic nitrogens is 2. The van der Waals surface area contributed by atoms with Gasteiger partial charge in [0, 0.05) is 6.54 Å². The molecule has 27 heavy (non-hydrogen) atoms. The molecule has 1 heterocycles. The Labute approximate surface area is 160 Å². The maximum atomic E-state index is 13.6. The quantitative estimate of drug-likeness (QED) is 0.593. The molecule has 3 rings (SSSR count). The van der Waals surface area contributed by atoms with Gasteiger partial charge in [0.1, 0.15) is 0 Å². The van der Waals surface area contributed by atoms with Crippen molar-refractivity contribution in [3.8, 4) is 5.75 Å². The zero-order valence-corrected chi connectivity index (χ0v) is 15.4. The minimum atomic E-state index is -0.615. The van der Waals surface area contributed by atoms with Crippen LogP contribution in [0.4, 0.5) is 4.39 Å². The largest absolute Gasteiger partial charge is 0.478 e. The average Bonchev–Trinajstić information content (AvgIpc) is 3.16. The Morgan fingerprint density at radius 1 is 1.19 bits per heavy atom. The molecule has 0 radical (unpaired) electrons. The van der Waals surface area contributed by atoms with Crippen LogP contribution in [0.1, 0.15) is 24.5 Å². The van der Waals surface area contributed by atoms with Gasteiger partial charge in [0.15, 0.2) is 17.7 Å². The maximum absolute atomic E-state index is 13.6. The Kier molecular flexibility index (Phi) is 6.43. The van der Waals surface area contributed by atoms with Crippen molar-refractivity contribution in [3.63, 3.8) is 0 Å². The molecule has 8 heteroatoms. The van der Waals surface area contributed by atoms with Crippen LogP contribution < -0.4 is 10.1 Å². The van der Waals surface area contributed by atoms with Crippen molar-refractivity contribution >= 4 is 17.7 Å². The molecule has 6 nitrogen and oxygen atoms in total. The van der Waals surface area contributed by atoms with E-state index in [9.17, 15) is 9.18 Å². The number of hydrogen-bond donors (Lipinski definition) is 1. The average molecular weight is 387 g/mol. The highest BCUT2D eigenvalue weighted by molar-refractivity contribution is 7.99. The van der Waals surface area contributed by atoms with E-state index < -0.39 is 11.9 Å². The normalized spacial score (nSPS) is 11.8. The fraction of sp³-hybridized carbons (Fsp3) is 0.211. The second-order valence-corrected chi connectivity index (χ2v) is 6.57. The molecule has 1 amide bonds.